The van der Waals surface area contributed by atoms with Gasteiger partial charge in [0.25, 0.3) is 5.91 Å². The van der Waals surface area contributed by atoms with Crippen LogP contribution in [0.25, 0.3) is 0 Å². The third-order valence-electron chi connectivity index (χ3n) is 3.63. The number of amides is 1. The smallest absolute Gasteiger partial charge is 0.274 e. The van der Waals surface area contributed by atoms with Gasteiger partial charge in [-0.2, -0.15) is 5.26 Å². The van der Waals surface area contributed by atoms with E-state index in [0.29, 0.717) is 23.5 Å². The van der Waals surface area contributed by atoms with Crippen molar-refractivity contribution in [3.05, 3.63) is 11.3 Å². The van der Waals surface area contributed by atoms with Crippen LogP contribution >= 0.6 is 0 Å². The molecule has 6 heteroatoms. The van der Waals surface area contributed by atoms with Crippen molar-refractivity contribution in [3.63, 3.8) is 0 Å². The molecular formula is C14H15N5O. The minimum absolute atomic E-state index is 0.129. The van der Waals surface area contributed by atoms with Gasteiger partial charge in [0.15, 0.2) is 0 Å². The molecule has 1 amide bonds. The first kappa shape index (κ1) is 12.6. The second-order valence-electron chi connectivity index (χ2n) is 4.74. The Morgan fingerprint density at radius 1 is 1.35 bits per heavy atom. The van der Waals surface area contributed by atoms with Gasteiger partial charge in [-0.3, -0.25) is 4.79 Å². The van der Waals surface area contributed by atoms with Gasteiger partial charge < -0.3 is 20.1 Å². The second-order valence-corrected chi connectivity index (χ2v) is 4.74. The number of nitrogens with one attached hydrogen (secondary N) is 2. The molecule has 2 aliphatic heterocycles. The Balaban J connectivity index is 2.11. The predicted molar refractivity (Wildman–Crippen MR) is 75.6 cm³/mol. The first-order chi connectivity index (χ1) is 9.77. The fourth-order valence-corrected chi connectivity index (χ4v) is 2.70. The molecule has 0 atom stereocenters. The molecular weight excluding hydrogens is 254 g/mol. The van der Waals surface area contributed by atoms with E-state index in [2.05, 4.69) is 33.4 Å². The summed E-state index contributed by atoms with van der Waals surface area (Å²) >= 11 is 0. The monoisotopic (exact) mass is 269 g/mol. The molecule has 3 heterocycles. The van der Waals surface area contributed by atoms with Crippen molar-refractivity contribution in [2.75, 3.05) is 36.4 Å². The van der Waals surface area contributed by atoms with E-state index in [0.717, 1.165) is 32.0 Å². The fourth-order valence-electron chi connectivity index (χ4n) is 2.70. The van der Waals surface area contributed by atoms with Crippen molar-refractivity contribution in [1.29, 1.82) is 5.26 Å². The second kappa shape index (κ2) is 4.92. The fraction of sp³-hybridized carbons (Fsp3) is 0.429. The van der Waals surface area contributed by atoms with E-state index in [4.69, 9.17) is 0 Å². The number of carbonyl (C=O) groups excluding carboxylic acids is 1. The maximum Gasteiger partial charge on any atom is 0.274 e. The quantitative estimate of drug-likeness (QED) is 0.760. The Morgan fingerprint density at radius 3 is 2.70 bits per heavy atom. The van der Waals surface area contributed by atoms with Gasteiger partial charge in [-0.05, 0) is 6.92 Å². The molecule has 102 valence electrons. The zero-order valence-corrected chi connectivity index (χ0v) is 11.3. The van der Waals surface area contributed by atoms with Crippen molar-refractivity contribution in [2.24, 2.45) is 0 Å². The van der Waals surface area contributed by atoms with Crippen LogP contribution in [0.4, 0.5) is 11.5 Å². The van der Waals surface area contributed by atoms with E-state index in [1.54, 1.807) is 6.92 Å². The Bertz CT molecular complexity index is 664. The summed E-state index contributed by atoms with van der Waals surface area (Å²) in [5, 5.41) is 15.4. The SMILES string of the molecule is CC#CCn1c2c(c(C#N)c1N1CCNCC1)NC2=O. The number of hydrogen-bond acceptors (Lipinski definition) is 4. The first-order valence-electron chi connectivity index (χ1n) is 6.61. The molecule has 1 saturated heterocycles. The Labute approximate surface area is 117 Å². The van der Waals surface area contributed by atoms with Gasteiger partial charge in [0.2, 0.25) is 0 Å². The van der Waals surface area contributed by atoms with Gasteiger partial charge in [0.05, 0.1) is 12.2 Å². The van der Waals surface area contributed by atoms with Crippen molar-refractivity contribution in [3.8, 4) is 17.9 Å². The molecule has 2 aliphatic rings. The van der Waals surface area contributed by atoms with Gasteiger partial charge >= 0.3 is 0 Å². The predicted octanol–water partition coefficient (Wildman–Crippen LogP) is 0.358. The minimum atomic E-state index is -0.129. The molecule has 0 bridgehead atoms. The summed E-state index contributed by atoms with van der Waals surface area (Å²) in [6.07, 6.45) is 0. The van der Waals surface area contributed by atoms with E-state index < -0.39 is 0 Å². The third kappa shape index (κ3) is 1.74. The third-order valence-corrected chi connectivity index (χ3v) is 3.63. The first-order valence-corrected chi connectivity index (χ1v) is 6.61. The minimum Gasteiger partial charge on any atom is -0.354 e. The van der Waals surface area contributed by atoms with Crippen LogP contribution in [0.1, 0.15) is 23.0 Å². The molecule has 1 fully saturated rings. The number of carbonyl (C=O) groups is 1. The molecule has 0 aliphatic carbocycles. The highest BCUT2D eigenvalue weighted by atomic mass is 16.2. The van der Waals surface area contributed by atoms with E-state index in [1.807, 2.05) is 4.57 Å². The highest BCUT2D eigenvalue weighted by molar-refractivity contribution is 6.19. The van der Waals surface area contributed by atoms with Crippen LogP contribution in [0.5, 0.6) is 0 Å². The van der Waals surface area contributed by atoms with Gasteiger partial charge in [0.1, 0.15) is 23.1 Å². The number of nitrogens with zero attached hydrogens (tertiary/aromatic N) is 3. The number of aromatic nitrogens is 1. The van der Waals surface area contributed by atoms with Gasteiger partial charge in [-0.1, -0.05) is 5.92 Å². The molecule has 1 aromatic heterocycles. The standard InChI is InChI=1S/C14H15N5O/c1-2-3-6-19-12-11(17-13(12)20)10(9-15)14(19)18-7-4-16-5-8-18/h16H,4-8H2,1H3,(H,17,20). The summed E-state index contributed by atoms with van der Waals surface area (Å²) in [5.74, 6) is 6.52. The average Bonchev–Trinajstić information content (AvgIpc) is 2.73. The lowest BCUT2D eigenvalue weighted by atomic mass is 10.1. The van der Waals surface area contributed by atoms with Crippen LogP contribution in [0.15, 0.2) is 0 Å². The lowest BCUT2D eigenvalue weighted by molar-refractivity contribution is 0.0999. The number of piperazine rings is 1. The lowest BCUT2D eigenvalue weighted by Crippen LogP contribution is -2.44. The zero-order chi connectivity index (χ0) is 14.1. The van der Waals surface area contributed by atoms with Crippen LogP contribution in [0, 0.1) is 23.2 Å². The molecule has 0 radical (unpaired) electrons. The zero-order valence-electron chi connectivity index (χ0n) is 11.3. The molecule has 0 spiro atoms. The largest absolute Gasteiger partial charge is 0.354 e. The Hall–Kier alpha value is -2.44. The van der Waals surface area contributed by atoms with Gasteiger partial charge in [-0.25, -0.2) is 0 Å². The molecule has 20 heavy (non-hydrogen) atoms. The van der Waals surface area contributed by atoms with E-state index in [-0.39, 0.29) is 5.91 Å². The lowest BCUT2D eigenvalue weighted by Gasteiger charge is -2.30. The van der Waals surface area contributed by atoms with Crippen LogP contribution in [0.3, 0.4) is 0 Å². The average molecular weight is 269 g/mol. The molecule has 0 unspecified atom stereocenters. The normalized spacial score (nSPS) is 16.4. The van der Waals surface area contributed by atoms with E-state index >= 15 is 0 Å². The molecule has 3 rings (SSSR count). The van der Waals surface area contributed by atoms with Gasteiger partial charge in [-0.15, -0.1) is 5.92 Å². The van der Waals surface area contributed by atoms with E-state index in [9.17, 15) is 10.1 Å². The molecule has 0 aromatic carbocycles. The summed E-state index contributed by atoms with van der Waals surface area (Å²) in [5.41, 5.74) is 1.79. The van der Waals surface area contributed by atoms with Crippen molar-refractivity contribution in [1.82, 2.24) is 9.88 Å². The van der Waals surface area contributed by atoms with Crippen LogP contribution < -0.4 is 15.5 Å². The molecule has 1 aromatic rings. The summed E-state index contributed by atoms with van der Waals surface area (Å²) in [6.45, 7) is 5.61. The number of rotatable bonds is 2. The van der Waals surface area contributed by atoms with Crippen LogP contribution in [-0.4, -0.2) is 36.7 Å². The van der Waals surface area contributed by atoms with Crippen molar-refractivity contribution >= 4 is 17.4 Å². The van der Waals surface area contributed by atoms with Gasteiger partial charge in [0, 0.05) is 26.2 Å². The highest BCUT2D eigenvalue weighted by Gasteiger charge is 2.37. The maximum atomic E-state index is 11.7. The van der Waals surface area contributed by atoms with Crippen molar-refractivity contribution in [2.45, 2.75) is 13.5 Å². The number of hydrogen-bond donors (Lipinski definition) is 2. The number of nitriles is 1. The molecule has 6 nitrogen and oxygen atoms in total. The van der Waals surface area contributed by atoms with Crippen molar-refractivity contribution < 1.29 is 4.79 Å². The summed E-state index contributed by atoms with van der Waals surface area (Å²) < 4.78 is 1.87. The van der Waals surface area contributed by atoms with Crippen LogP contribution in [-0.2, 0) is 6.54 Å². The maximum absolute atomic E-state index is 11.7. The van der Waals surface area contributed by atoms with Crippen LogP contribution in [0.2, 0.25) is 0 Å². The Morgan fingerprint density at radius 2 is 2.10 bits per heavy atom. The summed E-state index contributed by atoms with van der Waals surface area (Å²) in [6, 6.07) is 2.22. The number of fused-ring (bicyclic) bond motifs is 1. The summed E-state index contributed by atoms with van der Waals surface area (Å²) in [4.78, 5) is 13.9. The Kier molecular flexibility index (Phi) is 3.09. The molecule has 0 saturated carbocycles. The molecule has 2 N–H and O–H groups in total. The summed E-state index contributed by atoms with van der Waals surface area (Å²) in [7, 11) is 0. The highest BCUT2D eigenvalue weighted by Crippen LogP contribution is 2.39. The number of anilines is 2. The van der Waals surface area contributed by atoms with E-state index in [1.165, 1.54) is 0 Å². The topological polar surface area (TPSA) is 73.1 Å².